The van der Waals surface area contributed by atoms with Crippen LogP contribution in [0.3, 0.4) is 0 Å². The number of rotatable bonds is 24. The van der Waals surface area contributed by atoms with Crippen molar-refractivity contribution in [3.05, 3.63) is 0 Å². The van der Waals surface area contributed by atoms with Crippen molar-refractivity contribution in [2.75, 3.05) is 0 Å². The highest BCUT2D eigenvalue weighted by molar-refractivity contribution is 7.42. The van der Waals surface area contributed by atoms with Crippen LogP contribution in [0.25, 0.3) is 0 Å². The van der Waals surface area contributed by atoms with Crippen LogP contribution in [0, 0.1) is 0 Å². The fourth-order valence-corrected chi connectivity index (χ4v) is 6.82. The molecule has 0 spiro atoms. The summed E-state index contributed by atoms with van der Waals surface area (Å²) in [6.45, 7) is 6.36. The Kier molecular flexibility index (Phi) is 23.3. The highest BCUT2D eigenvalue weighted by atomic mass is 35.5. The lowest BCUT2D eigenvalue weighted by molar-refractivity contribution is 0.0870. The molecule has 224 valence electrons. The molecule has 0 rings (SSSR count). The fraction of sp³-hybridized carbons (Fsp3) is 1.00. The van der Waals surface area contributed by atoms with E-state index in [9.17, 15) is 0 Å². The standard InChI is InChI=1S/C24H42Cl9O3P/c1-4-7-10-13-16-19(25)22(28,29)34-37(35-23(30,31)20(26)17-14-11-8-5-2)36-24(32,33)21(27)18-15-12-9-6-3/h19-21H,4-18H2,1-3H3. The minimum Gasteiger partial charge on any atom is -0.273 e. The van der Waals surface area contributed by atoms with E-state index in [1.807, 2.05) is 0 Å². The van der Waals surface area contributed by atoms with Crippen molar-refractivity contribution in [2.45, 2.75) is 147 Å². The van der Waals surface area contributed by atoms with Gasteiger partial charge in [0.05, 0.1) is 16.1 Å². The molecule has 3 unspecified atom stereocenters. The van der Waals surface area contributed by atoms with E-state index in [0.29, 0.717) is 19.3 Å². The molecule has 0 fully saturated rings. The quantitative estimate of drug-likeness (QED) is 0.0563. The van der Waals surface area contributed by atoms with Gasteiger partial charge in [-0.15, -0.1) is 34.8 Å². The lowest BCUT2D eigenvalue weighted by Crippen LogP contribution is -2.35. The summed E-state index contributed by atoms with van der Waals surface area (Å²) in [6.07, 6.45) is 13.4. The van der Waals surface area contributed by atoms with Gasteiger partial charge in [-0.25, -0.2) is 0 Å². The maximum absolute atomic E-state index is 6.49. The van der Waals surface area contributed by atoms with Crippen LogP contribution >= 0.6 is 113 Å². The zero-order valence-corrected chi connectivity index (χ0v) is 29.6. The average molecular weight is 729 g/mol. The van der Waals surface area contributed by atoms with Crippen molar-refractivity contribution < 1.29 is 13.6 Å². The van der Waals surface area contributed by atoms with Gasteiger partial charge in [0, 0.05) is 0 Å². The third-order valence-corrected chi connectivity index (χ3v) is 11.9. The van der Waals surface area contributed by atoms with Crippen molar-refractivity contribution in [3.8, 4) is 0 Å². The van der Waals surface area contributed by atoms with Crippen LogP contribution in [0.15, 0.2) is 0 Å². The molecule has 0 heterocycles. The minimum absolute atomic E-state index is 0.503. The zero-order chi connectivity index (χ0) is 28.5. The Morgan fingerprint density at radius 1 is 0.459 bits per heavy atom. The average Bonchev–Trinajstić information content (AvgIpc) is 2.80. The molecule has 0 saturated heterocycles. The Bertz CT molecular complexity index is 498. The second-order valence-electron chi connectivity index (χ2n) is 9.13. The summed E-state index contributed by atoms with van der Waals surface area (Å²) < 4.78 is 11.6. The summed E-state index contributed by atoms with van der Waals surface area (Å²) in [5, 5.41) is -2.36. The van der Waals surface area contributed by atoms with Gasteiger partial charge in [0.1, 0.15) is 0 Å². The monoisotopic (exact) mass is 724 g/mol. The molecule has 3 atom stereocenters. The van der Waals surface area contributed by atoms with E-state index in [1.54, 1.807) is 0 Å². The molecule has 0 aliphatic carbocycles. The highest BCUT2D eigenvalue weighted by Crippen LogP contribution is 2.59. The molecule has 0 saturated carbocycles. The van der Waals surface area contributed by atoms with Crippen LogP contribution in [0.5, 0.6) is 0 Å². The van der Waals surface area contributed by atoms with Crippen LogP contribution in [-0.2, 0) is 13.6 Å². The van der Waals surface area contributed by atoms with E-state index in [2.05, 4.69) is 20.8 Å². The van der Waals surface area contributed by atoms with E-state index in [-0.39, 0.29) is 0 Å². The Morgan fingerprint density at radius 2 is 0.703 bits per heavy atom. The maximum atomic E-state index is 6.49. The van der Waals surface area contributed by atoms with Crippen LogP contribution in [0.1, 0.15) is 117 Å². The van der Waals surface area contributed by atoms with Crippen LogP contribution in [0.2, 0.25) is 0 Å². The summed E-state index contributed by atoms with van der Waals surface area (Å²) >= 11 is 58.3. The second kappa shape index (κ2) is 21.6. The van der Waals surface area contributed by atoms with E-state index in [1.165, 1.54) is 0 Å². The first kappa shape index (κ1) is 39.9. The van der Waals surface area contributed by atoms with Crippen molar-refractivity contribution in [1.82, 2.24) is 0 Å². The molecular formula is C24H42Cl9O3P. The number of alkyl halides is 9. The molecule has 3 nitrogen and oxygen atoms in total. The third-order valence-electron chi connectivity index (χ3n) is 5.62. The van der Waals surface area contributed by atoms with Crippen molar-refractivity contribution in [2.24, 2.45) is 0 Å². The summed E-state index contributed by atoms with van der Waals surface area (Å²) in [4.78, 5) is 0. The Labute approximate surface area is 271 Å². The topological polar surface area (TPSA) is 27.7 Å². The van der Waals surface area contributed by atoms with Gasteiger partial charge in [-0.2, -0.15) is 0 Å². The molecule has 0 aromatic heterocycles. The zero-order valence-electron chi connectivity index (χ0n) is 21.9. The molecule has 0 bridgehead atoms. The lowest BCUT2D eigenvalue weighted by Gasteiger charge is -2.36. The SMILES string of the molecule is CCCCCCC(Cl)C(Cl)(Cl)OP(OC(Cl)(Cl)C(Cl)CCCCCC)OC(Cl)(Cl)C(Cl)CCCCCC. The Morgan fingerprint density at radius 3 is 0.919 bits per heavy atom. The van der Waals surface area contributed by atoms with E-state index in [4.69, 9.17) is 118 Å². The van der Waals surface area contributed by atoms with E-state index >= 15 is 0 Å². The van der Waals surface area contributed by atoms with Gasteiger partial charge in [0.2, 0.25) is 13.6 Å². The summed E-state index contributed by atoms with van der Waals surface area (Å²) in [6, 6.07) is 0. The van der Waals surface area contributed by atoms with Gasteiger partial charge >= 0.3 is 8.60 Å². The highest BCUT2D eigenvalue weighted by Gasteiger charge is 2.48. The summed E-state index contributed by atoms with van der Waals surface area (Å²) in [5.41, 5.74) is 0. The second-order valence-corrected chi connectivity index (χ2v) is 15.7. The van der Waals surface area contributed by atoms with Gasteiger partial charge in [-0.3, -0.25) is 13.6 Å². The molecule has 0 N–H and O–H groups in total. The smallest absolute Gasteiger partial charge is 0.273 e. The first-order valence-electron chi connectivity index (χ1n) is 13.2. The van der Waals surface area contributed by atoms with E-state index < -0.39 is 38.3 Å². The fourth-order valence-electron chi connectivity index (χ4n) is 3.28. The Balaban J connectivity index is 5.48. The predicted molar refractivity (Wildman–Crippen MR) is 169 cm³/mol. The van der Waals surface area contributed by atoms with Gasteiger partial charge in [0.15, 0.2) is 0 Å². The molecule has 13 heteroatoms. The number of hydrogen-bond acceptors (Lipinski definition) is 3. The van der Waals surface area contributed by atoms with Crippen molar-refractivity contribution >= 4 is 113 Å². The van der Waals surface area contributed by atoms with Gasteiger partial charge in [-0.05, 0) is 19.3 Å². The van der Waals surface area contributed by atoms with Gasteiger partial charge < -0.3 is 0 Å². The van der Waals surface area contributed by atoms with E-state index in [0.717, 1.165) is 77.0 Å². The van der Waals surface area contributed by atoms with Crippen LogP contribution < -0.4 is 0 Å². The van der Waals surface area contributed by atoms with Crippen molar-refractivity contribution in [1.29, 1.82) is 0 Å². The van der Waals surface area contributed by atoms with Crippen LogP contribution in [0.4, 0.5) is 0 Å². The molecular weight excluding hydrogens is 686 g/mol. The largest absolute Gasteiger partial charge is 0.341 e. The van der Waals surface area contributed by atoms with Crippen LogP contribution in [-0.4, -0.2) is 29.7 Å². The Hall–Kier alpha value is 2.92. The molecule has 0 radical (unpaired) electrons. The minimum atomic E-state index is -2.53. The molecule has 0 aromatic carbocycles. The van der Waals surface area contributed by atoms with Gasteiger partial charge in [-0.1, -0.05) is 167 Å². The molecule has 0 aliphatic rings. The molecule has 37 heavy (non-hydrogen) atoms. The number of hydrogen-bond donors (Lipinski definition) is 0. The predicted octanol–water partition coefficient (Wildman–Crippen LogP) is 13.4. The molecule has 0 aliphatic heterocycles. The summed E-state index contributed by atoms with van der Waals surface area (Å²) in [7, 11) is -2.53. The lowest BCUT2D eigenvalue weighted by atomic mass is 10.1. The normalized spacial score (nSPS) is 16.5. The summed E-state index contributed by atoms with van der Waals surface area (Å²) in [5.74, 6) is 0. The molecule has 0 amide bonds. The number of halogens is 9. The van der Waals surface area contributed by atoms with Crippen molar-refractivity contribution in [3.63, 3.8) is 0 Å². The maximum Gasteiger partial charge on any atom is 0.341 e. The van der Waals surface area contributed by atoms with Gasteiger partial charge in [0.25, 0.3) is 0 Å². The first-order chi connectivity index (χ1) is 17.2. The molecule has 0 aromatic rings. The number of unbranched alkanes of at least 4 members (excludes halogenated alkanes) is 9. The third kappa shape index (κ3) is 18.2. The first-order valence-corrected chi connectivity index (χ1v) is 17.8.